The second-order valence-electron chi connectivity index (χ2n) is 7.71. The van der Waals surface area contributed by atoms with Gasteiger partial charge in [-0.3, -0.25) is 4.68 Å². The van der Waals surface area contributed by atoms with Crippen LogP contribution in [0.5, 0.6) is 0 Å². The van der Waals surface area contributed by atoms with Gasteiger partial charge in [0.2, 0.25) is 0 Å². The highest BCUT2D eigenvalue weighted by Crippen LogP contribution is 2.32. The molecular formula is C19H22ClF3N5O3S-. The van der Waals surface area contributed by atoms with Crippen LogP contribution in [-0.2, 0) is 29.9 Å². The van der Waals surface area contributed by atoms with E-state index in [1.807, 2.05) is 11.9 Å². The lowest BCUT2D eigenvalue weighted by Gasteiger charge is -2.36. The lowest BCUT2D eigenvalue weighted by Crippen LogP contribution is -2.49. The first-order valence-electron chi connectivity index (χ1n) is 9.69. The molecule has 0 saturated carbocycles. The lowest BCUT2D eigenvalue weighted by molar-refractivity contribution is -0.217. The molecule has 0 spiro atoms. The standard InChI is InChI=1S/C19H23ClF3N5O3S/c1-26-5-3-4-16(11-26)28(17-10-24-27(2)12-17)32(30,31)25-18(29)8-13-6-14(19(21,22)23)9-15(20)7-13/h6-7,9-10,12,16H,3-5,8,11H2,1-2H3,(H,25,29)/p-1. The number of rotatable bonds is 6. The van der Waals surface area contributed by atoms with Crippen LogP contribution in [0.2, 0.25) is 5.02 Å². The van der Waals surface area contributed by atoms with Crippen LogP contribution in [0.15, 0.2) is 35.0 Å². The van der Waals surface area contributed by atoms with E-state index in [-0.39, 0.29) is 16.3 Å². The summed E-state index contributed by atoms with van der Waals surface area (Å²) >= 11 is 5.74. The van der Waals surface area contributed by atoms with Crippen LogP contribution in [0.4, 0.5) is 18.9 Å². The molecule has 2 aromatic rings. The van der Waals surface area contributed by atoms with Crippen LogP contribution >= 0.6 is 11.6 Å². The van der Waals surface area contributed by atoms with E-state index in [0.29, 0.717) is 13.0 Å². The number of anilines is 1. The van der Waals surface area contributed by atoms with Crippen molar-refractivity contribution in [1.82, 2.24) is 14.7 Å². The summed E-state index contributed by atoms with van der Waals surface area (Å²) in [5, 5.41) is 16.2. The Kier molecular flexibility index (Phi) is 7.06. The number of nitrogens with zero attached hydrogens (tertiary/aromatic N) is 5. The number of likely N-dealkylation sites (tertiary alicyclic amines) is 1. The Hall–Kier alpha value is -2.31. The van der Waals surface area contributed by atoms with Crippen molar-refractivity contribution in [1.29, 1.82) is 0 Å². The molecule has 1 fully saturated rings. The summed E-state index contributed by atoms with van der Waals surface area (Å²) in [7, 11) is -0.993. The molecule has 1 atom stereocenters. The van der Waals surface area contributed by atoms with E-state index in [0.717, 1.165) is 29.4 Å². The van der Waals surface area contributed by atoms with Gasteiger partial charge in [0.15, 0.2) is 0 Å². The summed E-state index contributed by atoms with van der Waals surface area (Å²) < 4.78 is 71.1. The first-order chi connectivity index (χ1) is 14.8. The van der Waals surface area contributed by atoms with Crippen molar-refractivity contribution >= 4 is 33.4 Å². The Morgan fingerprint density at radius 1 is 1.34 bits per heavy atom. The van der Waals surface area contributed by atoms with Crippen molar-refractivity contribution < 1.29 is 26.7 Å². The van der Waals surface area contributed by atoms with Gasteiger partial charge in [-0.25, -0.2) is 4.31 Å². The Bertz CT molecular complexity index is 1100. The maximum atomic E-state index is 13.1. The van der Waals surface area contributed by atoms with E-state index in [1.165, 1.54) is 23.1 Å². The molecule has 0 amide bonds. The third-order valence-corrected chi connectivity index (χ3v) is 6.64. The number of halogens is 4. The third kappa shape index (κ3) is 5.93. The molecule has 0 N–H and O–H groups in total. The van der Waals surface area contributed by atoms with Crippen LogP contribution in [0.3, 0.4) is 0 Å². The van der Waals surface area contributed by atoms with E-state index >= 15 is 0 Å². The number of hydrogen-bond donors (Lipinski definition) is 0. The molecule has 1 aromatic heterocycles. The van der Waals surface area contributed by atoms with Crippen LogP contribution in [-0.4, -0.2) is 55.2 Å². The highest BCUT2D eigenvalue weighted by molar-refractivity contribution is 7.91. The molecule has 0 aliphatic carbocycles. The van der Waals surface area contributed by atoms with E-state index in [9.17, 15) is 26.7 Å². The minimum absolute atomic E-state index is 0.0842. The van der Waals surface area contributed by atoms with Gasteiger partial charge in [-0.15, -0.1) is 0 Å². The van der Waals surface area contributed by atoms with Gasteiger partial charge in [-0.05, 0) is 56.1 Å². The molecule has 1 aromatic carbocycles. The number of aromatic nitrogens is 2. The van der Waals surface area contributed by atoms with Crippen LogP contribution in [0, 0.1) is 0 Å². The number of likely N-dealkylation sites (N-methyl/N-ethyl adjacent to an activating group) is 1. The minimum Gasteiger partial charge on any atom is -0.861 e. The predicted octanol–water partition coefficient (Wildman–Crippen LogP) is 2.24. The molecule has 8 nitrogen and oxygen atoms in total. The summed E-state index contributed by atoms with van der Waals surface area (Å²) in [5.41, 5.74) is -0.858. The van der Waals surface area contributed by atoms with E-state index in [4.69, 9.17) is 11.6 Å². The summed E-state index contributed by atoms with van der Waals surface area (Å²) in [6.45, 7) is 1.24. The van der Waals surface area contributed by atoms with Crippen molar-refractivity contribution in [3.63, 3.8) is 0 Å². The normalized spacial score (nSPS) is 18.7. The summed E-state index contributed by atoms with van der Waals surface area (Å²) in [6.07, 6.45) is -1.13. The summed E-state index contributed by atoms with van der Waals surface area (Å²) in [6, 6.07) is 2.18. The molecule has 1 aliphatic rings. The summed E-state index contributed by atoms with van der Waals surface area (Å²) in [4.78, 5) is 1.97. The average molecular weight is 493 g/mol. The van der Waals surface area contributed by atoms with Crippen LogP contribution < -0.4 is 9.41 Å². The second-order valence-corrected chi connectivity index (χ2v) is 9.62. The molecule has 32 heavy (non-hydrogen) atoms. The maximum Gasteiger partial charge on any atom is 0.416 e. The number of alkyl halides is 3. The first kappa shape index (κ1) is 24.3. The predicted molar refractivity (Wildman–Crippen MR) is 113 cm³/mol. The molecule has 1 saturated heterocycles. The first-order valence-corrected chi connectivity index (χ1v) is 11.5. The van der Waals surface area contributed by atoms with Gasteiger partial charge >= 0.3 is 16.4 Å². The number of hydrogen-bond acceptors (Lipinski definition) is 5. The summed E-state index contributed by atoms with van der Waals surface area (Å²) in [5.74, 6) is -1.10. The second kappa shape index (κ2) is 9.28. The smallest absolute Gasteiger partial charge is 0.416 e. The number of piperidine rings is 1. The molecule has 1 aliphatic heterocycles. The zero-order chi connectivity index (χ0) is 23.7. The van der Waals surface area contributed by atoms with Gasteiger partial charge in [-0.2, -0.15) is 31.1 Å². The number of aryl methyl sites for hydroxylation is 1. The van der Waals surface area contributed by atoms with E-state index in [2.05, 4.69) is 9.50 Å². The molecular weight excluding hydrogens is 471 g/mol. The fourth-order valence-corrected chi connectivity index (χ4v) is 5.26. The van der Waals surface area contributed by atoms with Gasteiger partial charge in [0, 0.05) is 31.2 Å². The highest BCUT2D eigenvalue weighted by Gasteiger charge is 2.34. The Morgan fingerprint density at radius 3 is 2.66 bits per heavy atom. The molecule has 2 heterocycles. The third-order valence-electron chi connectivity index (χ3n) is 4.98. The lowest BCUT2D eigenvalue weighted by atomic mass is 10.1. The minimum atomic E-state index is -4.66. The maximum absolute atomic E-state index is 13.1. The molecule has 0 radical (unpaired) electrons. The average Bonchev–Trinajstić information content (AvgIpc) is 3.05. The topological polar surface area (TPSA) is 93.9 Å². The number of benzene rings is 1. The fourth-order valence-electron chi connectivity index (χ4n) is 3.68. The zero-order valence-electron chi connectivity index (χ0n) is 17.4. The van der Waals surface area contributed by atoms with Gasteiger partial charge < -0.3 is 10.0 Å². The Labute approximate surface area is 189 Å². The largest absolute Gasteiger partial charge is 0.861 e. The molecule has 13 heteroatoms. The monoisotopic (exact) mass is 492 g/mol. The van der Waals surface area contributed by atoms with Crippen LogP contribution in [0.1, 0.15) is 24.0 Å². The van der Waals surface area contributed by atoms with Crippen LogP contribution in [0.25, 0.3) is 0 Å². The van der Waals surface area contributed by atoms with Crippen molar-refractivity contribution in [2.45, 2.75) is 31.5 Å². The van der Waals surface area contributed by atoms with Gasteiger partial charge in [0.05, 0.1) is 23.5 Å². The van der Waals surface area contributed by atoms with E-state index < -0.39 is 40.3 Å². The van der Waals surface area contributed by atoms with Crippen molar-refractivity contribution in [2.75, 3.05) is 24.4 Å². The molecule has 3 rings (SSSR count). The Balaban J connectivity index is 1.92. The van der Waals surface area contributed by atoms with Crippen molar-refractivity contribution in [2.24, 2.45) is 11.4 Å². The van der Waals surface area contributed by atoms with Gasteiger partial charge in [0.25, 0.3) is 0 Å². The van der Waals surface area contributed by atoms with Gasteiger partial charge in [-0.1, -0.05) is 11.6 Å². The van der Waals surface area contributed by atoms with Gasteiger partial charge in [0.1, 0.15) is 0 Å². The van der Waals surface area contributed by atoms with Crippen molar-refractivity contribution in [3.05, 3.63) is 46.7 Å². The molecule has 176 valence electrons. The zero-order valence-corrected chi connectivity index (χ0v) is 19.0. The Morgan fingerprint density at radius 2 is 2.06 bits per heavy atom. The quantitative estimate of drug-likeness (QED) is 0.455. The van der Waals surface area contributed by atoms with E-state index in [1.54, 1.807) is 7.05 Å². The fraction of sp³-hybridized carbons (Fsp3) is 0.474. The molecule has 1 unspecified atom stereocenters. The molecule has 0 bridgehead atoms. The van der Waals surface area contributed by atoms with Crippen molar-refractivity contribution in [3.8, 4) is 0 Å². The highest BCUT2D eigenvalue weighted by atomic mass is 35.5. The SMILES string of the molecule is CN1CCCC(N(c2cnn(C)c2)S(=O)(=O)/N=C(\[O-])Cc2cc(Cl)cc(C(F)(F)F)c2)C1.